The number of aromatic carboxylic acids is 1. The number of benzene rings is 1. The Morgan fingerprint density at radius 2 is 2.14 bits per heavy atom. The normalized spacial score (nSPS) is 10.7. The maximum absolute atomic E-state index is 10.9. The van der Waals surface area contributed by atoms with E-state index in [1.807, 2.05) is 23.6 Å². The van der Waals surface area contributed by atoms with E-state index in [9.17, 15) is 4.79 Å². The number of nitrogens with zero attached hydrogens (tertiary/aromatic N) is 1. The number of rotatable bonds is 5. The van der Waals surface area contributed by atoms with E-state index in [0.29, 0.717) is 0 Å². The fourth-order valence-corrected chi connectivity index (χ4v) is 3.58. The Kier molecular flexibility index (Phi) is 4.08. The fraction of sp³-hybridized carbons (Fsp3) is 0.0667. The van der Waals surface area contributed by atoms with E-state index < -0.39 is 5.97 Å². The molecule has 0 atom stereocenters. The fourth-order valence-electron chi connectivity index (χ4n) is 1.84. The van der Waals surface area contributed by atoms with Crippen molar-refractivity contribution in [3.05, 3.63) is 58.7 Å². The second-order valence-electron chi connectivity index (χ2n) is 4.34. The second-order valence-corrected chi connectivity index (χ2v) is 6.33. The average Bonchev–Trinajstić information content (AvgIpc) is 3.15. The van der Waals surface area contributed by atoms with Gasteiger partial charge in [-0.05, 0) is 18.2 Å². The summed E-state index contributed by atoms with van der Waals surface area (Å²) in [5.74, 6) is -0.151. The lowest BCUT2D eigenvalue weighted by molar-refractivity contribution is 0.0691. The van der Waals surface area contributed by atoms with E-state index >= 15 is 0 Å². The first-order chi connectivity index (χ1) is 10.2. The Hall–Kier alpha value is -2.05. The van der Waals surface area contributed by atoms with Crippen LogP contribution in [-0.2, 0) is 5.75 Å². The Morgan fingerprint density at radius 3 is 2.86 bits per heavy atom. The van der Waals surface area contributed by atoms with Crippen LogP contribution in [0.25, 0.3) is 11.3 Å². The largest absolute Gasteiger partial charge is 0.477 e. The average molecular weight is 316 g/mol. The van der Waals surface area contributed by atoms with Gasteiger partial charge in [0.2, 0.25) is 0 Å². The number of hydrogen-bond acceptors (Lipinski definition) is 4. The first-order valence-electron chi connectivity index (χ1n) is 6.27. The molecule has 0 radical (unpaired) electrons. The number of H-pyrrole nitrogens is 1. The summed E-state index contributed by atoms with van der Waals surface area (Å²) in [7, 11) is 0. The molecule has 0 spiro atoms. The van der Waals surface area contributed by atoms with Crippen molar-refractivity contribution in [2.24, 2.45) is 0 Å². The zero-order chi connectivity index (χ0) is 14.7. The maximum Gasteiger partial charge on any atom is 0.352 e. The van der Waals surface area contributed by atoms with Crippen LogP contribution < -0.4 is 0 Å². The molecule has 0 saturated heterocycles. The number of aromatic nitrogens is 2. The van der Waals surface area contributed by atoms with Crippen molar-refractivity contribution in [2.45, 2.75) is 10.6 Å². The molecule has 21 heavy (non-hydrogen) atoms. The molecule has 2 aromatic heterocycles. The van der Waals surface area contributed by atoms with Crippen LogP contribution >= 0.6 is 23.1 Å². The Bertz CT molecular complexity index is 750. The summed E-state index contributed by atoms with van der Waals surface area (Å²) in [6, 6.07) is 11.8. The Balaban J connectivity index is 1.69. The lowest BCUT2D eigenvalue weighted by Crippen LogP contribution is -1.94. The van der Waals surface area contributed by atoms with E-state index in [1.54, 1.807) is 35.4 Å². The number of nitrogens with one attached hydrogen (secondary N) is 1. The summed E-state index contributed by atoms with van der Waals surface area (Å²) in [6.07, 6.45) is 1.67. The van der Waals surface area contributed by atoms with Crippen LogP contribution in [0.5, 0.6) is 0 Å². The van der Waals surface area contributed by atoms with Crippen molar-refractivity contribution in [1.29, 1.82) is 0 Å². The van der Waals surface area contributed by atoms with E-state index in [2.05, 4.69) is 22.1 Å². The van der Waals surface area contributed by atoms with Gasteiger partial charge in [-0.25, -0.2) is 9.78 Å². The Morgan fingerprint density at radius 1 is 1.33 bits per heavy atom. The van der Waals surface area contributed by atoms with Crippen molar-refractivity contribution in [3.8, 4) is 11.3 Å². The van der Waals surface area contributed by atoms with E-state index in [0.717, 1.165) is 22.0 Å². The third-order valence-electron chi connectivity index (χ3n) is 2.87. The molecule has 0 amide bonds. The highest BCUT2D eigenvalue weighted by Crippen LogP contribution is 2.27. The molecule has 2 N–H and O–H groups in total. The van der Waals surface area contributed by atoms with E-state index in [-0.39, 0.29) is 5.69 Å². The summed E-state index contributed by atoms with van der Waals surface area (Å²) in [5, 5.41) is 11.9. The third kappa shape index (κ3) is 3.34. The molecule has 3 rings (SSSR count). The van der Waals surface area contributed by atoms with Crippen LogP contribution in [-0.4, -0.2) is 21.0 Å². The standard InChI is InChI=1S/C15H12N2O2S2/c18-15(19)12-6-10(7-16-12)13-8-21-14(17-13)9-20-11-4-2-1-3-5-11/h1-8,16H,9H2,(H,18,19). The molecular formula is C15H12N2O2S2. The van der Waals surface area contributed by atoms with Crippen LogP contribution in [0.1, 0.15) is 15.5 Å². The molecule has 0 unspecified atom stereocenters. The quantitative estimate of drug-likeness (QED) is 0.695. The number of hydrogen-bond donors (Lipinski definition) is 2. The molecule has 6 heteroatoms. The van der Waals surface area contributed by atoms with Gasteiger partial charge in [0.1, 0.15) is 10.7 Å². The number of thioether (sulfide) groups is 1. The summed E-state index contributed by atoms with van der Waals surface area (Å²) in [5.41, 5.74) is 1.80. The van der Waals surface area contributed by atoms with Gasteiger partial charge in [0.25, 0.3) is 0 Å². The molecule has 0 bridgehead atoms. The topological polar surface area (TPSA) is 66.0 Å². The maximum atomic E-state index is 10.9. The second kappa shape index (κ2) is 6.15. The van der Waals surface area contributed by atoms with Gasteiger partial charge in [0.05, 0.1) is 11.4 Å². The van der Waals surface area contributed by atoms with Crippen molar-refractivity contribution in [3.63, 3.8) is 0 Å². The molecular weight excluding hydrogens is 304 g/mol. The molecule has 0 aliphatic heterocycles. The smallest absolute Gasteiger partial charge is 0.352 e. The SMILES string of the molecule is O=C(O)c1cc(-c2csc(CSc3ccccc3)n2)c[nH]1. The number of carboxylic acids is 1. The third-order valence-corrected chi connectivity index (χ3v) is 4.92. The summed E-state index contributed by atoms with van der Waals surface area (Å²) >= 11 is 3.33. The molecule has 2 heterocycles. The highest BCUT2D eigenvalue weighted by Gasteiger charge is 2.10. The van der Waals surface area contributed by atoms with Crippen LogP contribution in [0.15, 0.2) is 52.9 Å². The monoisotopic (exact) mass is 316 g/mol. The molecule has 0 saturated carbocycles. The van der Waals surface area contributed by atoms with Crippen LogP contribution in [0, 0.1) is 0 Å². The van der Waals surface area contributed by atoms with Crippen molar-refractivity contribution < 1.29 is 9.90 Å². The van der Waals surface area contributed by atoms with Gasteiger partial charge in [-0.1, -0.05) is 18.2 Å². The van der Waals surface area contributed by atoms with Gasteiger partial charge >= 0.3 is 5.97 Å². The molecule has 1 aromatic carbocycles. The van der Waals surface area contributed by atoms with Crippen LogP contribution in [0.2, 0.25) is 0 Å². The highest BCUT2D eigenvalue weighted by molar-refractivity contribution is 7.98. The molecule has 3 aromatic rings. The van der Waals surface area contributed by atoms with Gasteiger partial charge in [-0.3, -0.25) is 0 Å². The number of aromatic amines is 1. The lowest BCUT2D eigenvalue weighted by atomic mass is 10.2. The van der Waals surface area contributed by atoms with Gasteiger partial charge in [-0.15, -0.1) is 23.1 Å². The summed E-state index contributed by atoms with van der Waals surface area (Å²) in [4.78, 5) is 19.4. The number of carboxylic acid groups (broad SMARTS) is 1. The molecule has 0 aliphatic rings. The van der Waals surface area contributed by atoms with Gasteiger partial charge in [-0.2, -0.15) is 0 Å². The molecule has 4 nitrogen and oxygen atoms in total. The minimum Gasteiger partial charge on any atom is -0.477 e. The predicted octanol–water partition coefficient (Wildman–Crippen LogP) is 4.13. The van der Waals surface area contributed by atoms with Gasteiger partial charge < -0.3 is 10.1 Å². The van der Waals surface area contributed by atoms with Gasteiger partial charge in [0.15, 0.2) is 0 Å². The van der Waals surface area contributed by atoms with Crippen molar-refractivity contribution in [2.75, 3.05) is 0 Å². The number of carbonyl (C=O) groups is 1. The van der Waals surface area contributed by atoms with Crippen LogP contribution in [0.3, 0.4) is 0 Å². The predicted molar refractivity (Wildman–Crippen MR) is 84.9 cm³/mol. The van der Waals surface area contributed by atoms with E-state index in [1.165, 1.54) is 4.90 Å². The van der Waals surface area contributed by atoms with E-state index in [4.69, 9.17) is 5.11 Å². The Labute approximate surface area is 129 Å². The number of thiazole rings is 1. The highest BCUT2D eigenvalue weighted by atomic mass is 32.2. The molecule has 106 valence electrons. The van der Waals surface area contributed by atoms with Crippen LogP contribution in [0.4, 0.5) is 0 Å². The molecule has 0 fully saturated rings. The molecule has 0 aliphatic carbocycles. The first kappa shape index (κ1) is 13.9. The zero-order valence-corrected chi connectivity index (χ0v) is 12.6. The zero-order valence-electron chi connectivity index (χ0n) is 10.9. The summed E-state index contributed by atoms with van der Waals surface area (Å²) < 4.78 is 0. The lowest BCUT2D eigenvalue weighted by Gasteiger charge is -1.97. The first-order valence-corrected chi connectivity index (χ1v) is 8.13. The van der Waals surface area contributed by atoms with Crippen molar-refractivity contribution >= 4 is 29.1 Å². The summed E-state index contributed by atoms with van der Waals surface area (Å²) in [6.45, 7) is 0. The van der Waals surface area contributed by atoms with Gasteiger partial charge in [0, 0.05) is 22.0 Å². The van der Waals surface area contributed by atoms with Crippen molar-refractivity contribution in [1.82, 2.24) is 9.97 Å². The minimum absolute atomic E-state index is 0.179. The minimum atomic E-state index is -0.962.